The summed E-state index contributed by atoms with van der Waals surface area (Å²) in [6, 6.07) is 5.31. The Bertz CT molecular complexity index is 658. The third-order valence-electron chi connectivity index (χ3n) is 3.66. The Labute approximate surface area is 130 Å². The van der Waals surface area contributed by atoms with Gasteiger partial charge in [-0.05, 0) is 24.6 Å². The second kappa shape index (κ2) is 5.64. The number of thioether (sulfide) groups is 1. The lowest BCUT2D eigenvalue weighted by atomic mass is 10.2. The van der Waals surface area contributed by atoms with Gasteiger partial charge in [0, 0.05) is 5.75 Å². The Morgan fingerprint density at radius 2 is 2.14 bits per heavy atom. The topological polar surface area (TPSA) is 66.8 Å². The van der Waals surface area contributed by atoms with Crippen molar-refractivity contribution in [1.82, 2.24) is 4.90 Å². The zero-order chi connectivity index (χ0) is 15.9. The molecule has 5 nitrogen and oxygen atoms in total. The Kier molecular flexibility index (Phi) is 3.82. The molecule has 0 aromatic heterocycles. The van der Waals surface area contributed by atoms with Gasteiger partial charge in [-0.3, -0.25) is 4.79 Å². The summed E-state index contributed by atoms with van der Waals surface area (Å²) in [6.45, 7) is 1.76. The maximum absolute atomic E-state index is 13.0. The molecule has 1 aromatic rings. The van der Waals surface area contributed by atoms with E-state index < -0.39 is 17.9 Å². The largest absolute Gasteiger partial charge is 0.509 e. The quantitative estimate of drug-likeness (QED) is 0.682. The first-order valence-electron chi connectivity index (χ1n) is 6.84. The smallest absolute Gasteiger partial charge is 0.347 e. The normalized spacial score (nSPS) is 23.9. The lowest BCUT2D eigenvalue weighted by molar-refractivity contribution is -0.141. The first kappa shape index (κ1) is 14.9. The van der Waals surface area contributed by atoms with Crippen LogP contribution in [0.15, 0.2) is 35.6 Å². The van der Waals surface area contributed by atoms with Gasteiger partial charge >= 0.3 is 5.97 Å². The summed E-state index contributed by atoms with van der Waals surface area (Å²) in [5.41, 5.74) is 0.458. The van der Waals surface area contributed by atoms with Crippen LogP contribution in [0.25, 0.3) is 0 Å². The predicted molar refractivity (Wildman–Crippen MR) is 78.5 cm³/mol. The number of nitrogens with zero attached hydrogens (tertiary/aromatic N) is 1. The van der Waals surface area contributed by atoms with Gasteiger partial charge in [-0.25, -0.2) is 9.18 Å². The molecule has 2 heterocycles. The van der Waals surface area contributed by atoms with Crippen molar-refractivity contribution in [3.63, 3.8) is 0 Å². The van der Waals surface area contributed by atoms with Crippen LogP contribution < -0.4 is 0 Å². The molecule has 1 saturated heterocycles. The molecule has 1 unspecified atom stereocenters. The maximum atomic E-state index is 13.0. The number of carbonyl (C=O) groups is 2. The van der Waals surface area contributed by atoms with Crippen molar-refractivity contribution in [3.05, 3.63) is 47.0 Å². The third-order valence-corrected chi connectivity index (χ3v) is 4.98. The fourth-order valence-electron chi connectivity index (χ4n) is 2.65. The number of aliphatic hydroxyl groups excluding tert-OH is 1. The van der Waals surface area contributed by atoms with Crippen LogP contribution in [0.4, 0.5) is 4.39 Å². The first-order valence-corrected chi connectivity index (χ1v) is 7.89. The molecule has 0 bridgehead atoms. The number of halogens is 1. The fourth-order valence-corrected chi connectivity index (χ4v) is 4.09. The summed E-state index contributed by atoms with van der Waals surface area (Å²) in [6.07, 6.45) is 0. The van der Waals surface area contributed by atoms with Crippen molar-refractivity contribution >= 4 is 23.6 Å². The summed E-state index contributed by atoms with van der Waals surface area (Å²) < 4.78 is 17.9. The Morgan fingerprint density at radius 1 is 1.45 bits per heavy atom. The van der Waals surface area contributed by atoms with Crippen molar-refractivity contribution in [2.24, 2.45) is 0 Å². The molecule has 0 saturated carbocycles. The highest BCUT2D eigenvalue weighted by molar-refractivity contribution is 7.99. The minimum Gasteiger partial charge on any atom is -0.509 e. The molecular weight excluding hydrogens is 309 g/mol. The van der Waals surface area contributed by atoms with Gasteiger partial charge in [-0.15, -0.1) is 11.8 Å². The van der Waals surface area contributed by atoms with Crippen molar-refractivity contribution in [2.45, 2.75) is 18.3 Å². The summed E-state index contributed by atoms with van der Waals surface area (Å²) in [4.78, 5) is 25.8. The van der Waals surface area contributed by atoms with E-state index in [4.69, 9.17) is 4.74 Å². The van der Waals surface area contributed by atoms with E-state index in [0.717, 1.165) is 5.56 Å². The zero-order valence-electron chi connectivity index (χ0n) is 11.8. The molecular formula is C15H14FNO4S. The third kappa shape index (κ3) is 2.25. The highest BCUT2D eigenvalue weighted by Crippen LogP contribution is 2.47. The number of rotatable bonds is 3. The van der Waals surface area contributed by atoms with Crippen LogP contribution >= 0.6 is 11.8 Å². The number of ether oxygens (including phenoxy) is 1. The average molecular weight is 323 g/mol. The molecule has 0 aliphatic carbocycles. The lowest BCUT2D eigenvalue weighted by Crippen LogP contribution is -2.34. The highest BCUT2D eigenvalue weighted by atomic mass is 32.2. The van der Waals surface area contributed by atoms with Gasteiger partial charge in [0.2, 0.25) is 0 Å². The molecule has 7 heteroatoms. The minimum absolute atomic E-state index is 0.129. The molecule has 1 N–H and O–H groups in total. The second-order valence-corrected chi connectivity index (χ2v) is 6.06. The lowest BCUT2D eigenvalue weighted by Gasteiger charge is -2.23. The van der Waals surface area contributed by atoms with Gasteiger partial charge in [-0.1, -0.05) is 12.1 Å². The molecule has 1 fully saturated rings. The van der Waals surface area contributed by atoms with Crippen LogP contribution in [0.1, 0.15) is 17.9 Å². The van der Waals surface area contributed by atoms with Gasteiger partial charge in [0.05, 0.1) is 6.61 Å². The SMILES string of the molecule is CCOC(=O)C1=C(O)C2CS[C@@H](c3ccc(F)cc3)N2C1=O. The number of hydrogen-bond acceptors (Lipinski definition) is 5. The molecule has 1 aromatic carbocycles. The van der Waals surface area contributed by atoms with Gasteiger partial charge < -0.3 is 14.7 Å². The Morgan fingerprint density at radius 3 is 2.77 bits per heavy atom. The number of carbonyl (C=O) groups excluding carboxylic acids is 2. The van der Waals surface area contributed by atoms with E-state index in [1.165, 1.54) is 28.8 Å². The minimum atomic E-state index is -0.803. The fraction of sp³-hybridized carbons (Fsp3) is 0.333. The number of benzene rings is 1. The number of hydrogen-bond donors (Lipinski definition) is 1. The van der Waals surface area contributed by atoms with Crippen molar-refractivity contribution < 1.29 is 23.8 Å². The van der Waals surface area contributed by atoms with Crippen LogP contribution in [0.5, 0.6) is 0 Å². The van der Waals surface area contributed by atoms with E-state index in [9.17, 15) is 19.1 Å². The van der Waals surface area contributed by atoms with E-state index in [-0.39, 0.29) is 29.1 Å². The van der Waals surface area contributed by atoms with E-state index in [1.807, 2.05) is 0 Å². The van der Waals surface area contributed by atoms with Gasteiger partial charge in [0.25, 0.3) is 5.91 Å². The molecule has 2 aliphatic rings. The molecule has 22 heavy (non-hydrogen) atoms. The number of fused-ring (bicyclic) bond motifs is 1. The van der Waals surface area contributed by atoms with E-state index in [2.05, 4.69) is 0 Å². The highest BCUT2D eigenvalue weighted by Gasteiger charge is 2.50. The van der Waals surface area contributed by atoms with Gasteiger partial charge in [0.1, 0.15) is 23.0 Å². The molecule has 3 rings (SSSR count). The molecule has 0 radical (unpaired) electrons. The van der Waals surface area contributed by atoms with Crippen LogP contribution in [-0.2, 0) is 14.3 Å². The van der Waals surface area contributed by atoms with Gasteiger partial charge in [-0.2, -0.15) is 0 Å². The Hall–Kier alpha value is -2.02. The monoisotopic (exact) mass is 323 g/mol. The molecule has 1 amide bonds. The summed E-state index contributed by atoms with van der Waals surface area (Å²) >= 11 is 1.46. The van der Waals surface area contributed by atoms with Crippen LogP contribution in [0.3, 0.4) is 0 Å². The van der Waals surface area contributed by atoms with Crippen LogP contribution in [0, 0.1) is 5.82 Å². The number of aliphatic hydroxyl groups is 1. The van der Waals surface area contributed by atoms with E-state index >= 15 is 0 Å². The average Bonchev–Trinajstić information content (AvgIpc) is 3.02. The Balaban J connectivity index is 1.90. The van der Waals surface area contributed by atoms with Crippen molar-refractivity contribution in [1.29, 1.82) is 0 Å². The number of amides is 1. The van der Waals surface area contributed by atoms with Gasteiger partial charge in [0.15, 0.2) is 5.57 Å². The predicted octanol–water partition coefficient (Wildman–Crippen LogP) is 2.16. The summed E-state index contributed by atoms with van der Waals surface area (Å²) in [7, 11) is 0. The molecule has 2 atom stereocenters. The van der Waals surface area contributed by atoms with Crippen LogP contribution in [-0.4, -0.2) is 40.3 Å². The number of esters is 1. The molecule has 2 aliphatic heterocycles. The standard InChI is InChI=1S/C15H14FNO4S/c1-2-21-15(20)11-12(18)10-7-22-14(17(10)13(11)19)8-3-5-9(16)6-4-8/h3-6,10,14,18H,2,7H2,1H3/t10?,14-/m0/s1. The van der Waals surface area contributed by atoms with Crippen molar-refractivity contribution in [3.8, 4) is 0 Å². The van der Waals surface area contributed by atoms with E-state index in [1.54, 1.807) is 19.1 Å². The summed E-state index contributed by atoms with van der Waals surface area (Å²) in [5, 5.41) is 9.82. The maximum Gasteiger partial charge on any atom is 0.347 e. The van der Waals surface area contributed by atoms with Crippen molar-refractivity contribution in [2.75, 3.05) is 12.4 Å². The summed E-state index contributed by atoms with van der Waals surface area (Å²) in [5.74, 6) is -1.46. The molecule has 0 spiro atoms. The first-order chi connectivity index (χ1) is 10.5. The van der Waals surface area contributed by atoms with E-state index in [0.29, 0.717) is 5.75 Å². The zero-order valence-corrected chi connectivity index (χ0v) is 12.6. The molecule has 116 valence electrons. The second-order valence-electron chi connectivity index (χ2n) is 4.95. The van der Waals surface area contributed by atoms with Crippen LogP contribution in [0.2, 0.25) is 0 Å².